The monoisotopic (exact) mass is 204 g/mol. The Morgan fingerprint density at radius 3 is 2.47 bits per heavy atom. The van der Waals surface area contributed by atoms with Gasteiger partial charge in [-0.15, -0.1) is 0 Å². The number of nitrogens with zero attached hydrogens (tertiary/aromatic N) is 1. The summed E-state index contributed by atoms with van der Waals surface area (Å²) in [7, 11) is 2.18. The Hall–Kier alpha value is -1.18. The zero-order valence-electron chi connectivity index (χ0n) is 10.3. The van der Waals surface area contributed by atoms with Crippen molar-refractivity contribution >= 4 is 11.4 Å². The lowest BCUT2D eigenvalue weighted by atomic mass is 9.96. The van der Waals surface area contributed by atoms with Gasteiger partial charge in [0.25, 0.3) is 0 Å². The van der Waals surface area contributed by atoms with Crippen LogP contribution in [0.15, 0.2) is 12.1 Å². The van der Waals surface area contributed by atoms with Gasteiger partial charge in [0, 0.05) is 13.6 Å². The largest absolute Gasteiger partial charge is 0.381 e. The third kappa shape index (κ3) is 1.58. The first kappa shape index (κ1) is 10.3. The number of likely N-dealkylation sites (N-methyl/N-ethyl adjacent to an activating group) is 1. The highest BCUT2D eigenvalue weighted by Crippen LogP contribution is 2.36. The van der Waals surface area contributed by atoms with Crippen LogP contribution in [0.1, 0.15) is 25.0 Å². The molecule has 0 atom stereocenters. The summed E-state index contributed by atoms with van der Waals surface area (Å²) in [6.07, 6.45) is 0. The predicted octanol–water partition coefficient (Wildman–Crippen LogP) is 2.94. The standard InChI is InChI=1S/C13H20N2/c1-9-6-11-12(7-10(9)2)15(5)13(3,4)8-14-11/h6-7,14H,8H2,1-5H3. The molecule has 82 valence electrons. The summed E-state index contributed by atoms with van der Waals surface area (Å²) in [5, 5.41) is 3.51. The first-order valence-corrected chi connectivity index (χ1v) is 5.51. The van der Waals surface area contributed by atoms with Crippen LogP contribution in [-0.2, 0) is 0 Å². The Morgan fingerprint density at radius 2 is 1.80 bits per heavy atom. The number of benzene rings is 1. The van der Waals surface area contributed by atoms with E-state index in [4.69, 9.17) is 0 Å². The van der Waals surface area contributed by atoms with Gasteiger partial charge in [0.15, 0.2) is 0 Å². The van der Waals surface area contributed by atoms with Crippen LogP contribution in [0.25, 0.3) is 0 Å². The van der Waals surface area contributed by atoms with Gasteiger partial charge in [0.2, 0.25) is 0 Å². The quantitative estimate of drug-likeness (QED) is 0.699. The van der Waals surface area contributed by atoms with E-state index in [-0.39, 0.29) is 5.54 Å². The SMILES string of the molecule is Cc1cc2c(cc1C)N(C)C(C)(C)CN2. The van der Waals surface area contributed by atoms with E-state index in [1.54, 1.807) is 0 Å². The van der Waals surface area contributed by atoms with E-state index in [1.165, 1.54) is 22.5 Å². The number of hydrogen-bond acceptors (Lipinski definition) is 2. The van der Waals surface area contributed by atoms with Gasteiger partial charge in [-0.25, -0.2) is 0 Å². The van der Waals surface area contributed by atoms with Crippen LogP contribution in [0.4, 0.5) is 11.4 Å². The Morgan fingerprint density at radius 1 is 1.20 bits per heavy atom. The topological polar surface area (TPSA) is 15.3 Å². The molecule has 1 N–H and O–H groups in total. The van der Waals surface area contributed by atoms with E-state index in [1.807, 2.05) is 0 Å². The van der Waals surface area contributed by atoms with E-state index >= 15 is 0 Å². The van der Waals surface area contributed by atoms with Gasteiger partial charge < -0.3 is 10.2 Å². The molecular formula is C13H20N2. The maximum atomic E-state index is 3.51. The van der Waals surface area contributed by atoms with Crippen LogP contribution in [0.5, 0.6) is 0 Å². The summed E-state index contributed by atoms with van der Waals surface area (Å²) in [5.41, 5.74) is 5.48. The van der Waals surface area contributed by atoms with Crippen molar-refractivity contribution in [3.63, 3.8) is 0 Å². The molecule has 2 heteroatoms. The molecule has 1 aliphatic rings. The van der Waals surface area contributed by atoms with Crippen LogP contribution in [0.2, 0.25) is 0 Å². The molecule has 0 saturated carbocycles. The van der Waals surface area contributed by atoms with E-state index in [9.17, 15) is 0 Å². The number of fused-ring (bicyclic) bond motifs is 1. The molecule has 1 aromatic carbocycles. The van der Waals surface area contributed by atoms with E-state index < -0.39 is 0 Å². The van der Waals surface area contributed by atoms with E-state index in [0.717, 1.165) is 6.54 Å². The molecule has 0 spiro atoms. The van der Waals surface area contributed by atoms with Crippen molar-refractivity contribution in [1.29, 1.82) is 0 Å². The fourth-order valence-corrected chi connectivity index (χ4v) is 1.98. The molecule has 0 unspecified atom stereocenters. The Balaban J connectivity index is 2.52. The number of rotatable bonds is 0. The predicted molar refractivity (Wildman–Crippen MR) is 66.9 cm³/mol. The van der Waals surface area contributed by atoms with Gasteiger partial charge in [-0.05, 0) is 51.0 Å². The second kappa shape index (κ2) is 3.16. The van der Waals surface area contributed by atoms with Gasteiger partial charge in [0.1, 0.15) is 0 Å². The van der Waals surface area contributed by atoms with Crippen LogP contribution < -0.4 is 10.2 Å². The summed E-state index contributed by atoms with van der Waals surface area (Å²) in [6.45, 7) is 9.86. The van der Waals surface area contributed by atoms with Gasteiger partial charge in [-0.3, -0.25) is 0 Å². The second-order valence-corrected chi connectivity index (χ2v) is 5.18. The molecule has 2 rings (SSSR count). The number of anilines is 2. The maximum absolute atomic E-state index is 3.51. The molecular weight excluding hydrogens is 184 g/mol. The van der Waals surface area contributed by atoms with Crippen molar-refractivity contribution in [2.45, 2.75) is 33.2 Å². The third-order valence-corrected chi connectivity index (χ3v) is 3.59. The molecule has 15 heavy (non-hydrogen) atoms. The number of aryl methyl sites for hydroxylation is 2. The highest BCUT2D eigenvalue weighted by Gasteiger charge is 2.29. The van der Waals surface area contributed by atoms with Crippen molar-refractivity contribution in [1.82, 2.24) is 0 Å². The van der Waals surface area contributed by atoms with Crippen molar-refractivity contribution in [2.24, 2.45) is 0 Å². The molecule has 0 radical (unpaired) electrons. The number of nitrogens with one attached hydrogen (secondary N) is 1. The zero-order chi connectivity index (χ0) is 11.2. The minimum absolute atomic E-state index is 0.189. The summed E-state index contributed by atoms with van der Waals surface area (Å²) < 4.78 is 0. The zero-order valence-corrected chi connectivity index (χ0v) is 10.3. The summed E-state index contributed by atoms with van der Waals surface area (Å²) in [6, 6.07) is 4.52. The molecule has 0 aromatic heterocycles. The lowest BCUT2D eigenvalue weighted by Crippen LogP contribution is -2.50. The average Bonchev–Trinajstić information content (AvgIpc) is 2.16. The van der Waals surface area contributed by atoms with Crippen LogP contribution in [-0.4, -0.2) is 19.1 Å². The molecule has 2 nitrogen and oxygen atoms in total. The highest BCUT2D eigenvalue weighted by molar-refractivity contribution is 5.75. The maximum Gasteiger partial charge on any atom is 0.0607 e. The van der Waals surface area contributed by atoms with Crippen molar-refractivity contribution in [3.05, 3.63) is 23.3 Å². The smallest absolute Gasteiger partial charge is 0.0607 e. The van der Waals surface area contributed by atoms with Gasteiger partial charge in [-0.1, -0.05) is 0 Å². The van der Waals surface area contributed by atoms with Crippen molar-refractivity contribution in [2.75, 3.05) is 23.8 Å². The Kier molecular flexibility index (Phi) is 2.18. The van der Waals surface area contributed by atoms with Gasteiger partial charge >= 0.3 is 0 Å². The number of hydrogen-bond donors (Lipinski definition) is 1. The van der Waals surface area contributed by atoms with E-state index in [0.29, 0.717) is 0 Å². The molecule has 1 aliphatic heterocycles. The first-order chi connectivity index (χ1) is 6.92. The fraction of sp³-hybridized carbons (Fsp3) is 0.538. The summed E-state index contributed by atoms with van der Waals surface area (Å²) >= 11 is 0. The minimum atomic E-state index is 0.189. The molecule has 0 aliphatic carbocycles. The molecule has 0 saturated heterocycles. The molecule has 1 aromatic rings. The Labute approximate surface area is 92.3 Å². The molecule has 0 fully saturated rings. The molecule has 1 heterocycles. The van der Waals surface area contributed by atoms with Crippen molar-refractivity contribution in [3.8, 4) is 0 Å². The third-order valence-electron chi connectivity index (χ3n) is 3.59. The van der Waals surface area contributed by atoms with Gasteiger partial charge in [-0.2, -0.15) is 0 Å². The lowest BCUT2D eigenvalue weighted by Gasteiger charge is -2.43. The Bertz CT molecular complexity index is 394. The average molecular weight is 204 g/mol. The molecule has 0 amide bonds. The second-order valence-electron chi connectivity index (χ2n) is 5.18. The summed E-state index contributed by atoms with van der Waals surface area (Å²) in [4.78, 5) is 2.37. The van der Waals surface area contributed by atoms with Crippen molar-refractivity contribution < 1.29 is 0 Å². The lowest BCUT2D eigenvalue weighted by molar-refractivity contribution is 0.502. The first-order valence-electron chi connectivity index (χ1n) is 5.51. The van der Waals surface area contributed by atoms with Crippen LogP contribution in [0.3, 0.4) is 0 Å². The van der Waals surface area contributed by atoms with Gasteiger partial charge in [0.05, 0.1) is 16.9 Å². The summed E-state index contributed by atoms with van der Waals surface area (Å²) in [5.74, 6) is 0. The minimum Gasteiger partial charge on any atom is -0.381 e. The van der Waals surface area contributed by atoms with Crippen LogP contribution >= 0.6 is 0 Å². The molecule has 0 bridgehead atoms. The van der Waals surface area contributed by atoms with E-state index in [2.05, 4.69) is 57.1 Å². The van der Waals surface area contributed by atoms with Crippen LogP contribution in [0, 0.1) is 13.8 Å². The fourth-order valence-electron chi connectivity index (χ4n) is 1.98. The highest BCUT2D eigenvalue weighted by atomic mass is 15.2. The normalized spacial score (nSPS) is 18.3.